The number of ether oxygens (including phenoxy) is 1. The molecule has 0 radical (unpaired) electrons. The lowest BCUT2D eigenvalue weighted by Crippen LogP contribution is -2.49. The summed E-state index contributed by atoms with van der Waals surface area (Å²) >= 11 is 0. The van der Waals surface area contributed by atoms with Crippen LogP contribution in [0.2, 0.25) is 0 Å². The summed E-state index contributed by atoms with van der Waals surface area (Å²) in [5, 5.41) is 16.7. The van der Waals surface area contributed by atoms with Crippen molar-refractivity contribution in [1.29, 1.82) is 0 Å². The molecule has 1 heterocycles. The quantitative estimate of drug-likeness (QED) is 0.664. The first-order valence-electron chi connectivity index (χ1n) is 9.14. The first-order chi connectivity index (χ1) is 12.8. The Labute approximate surface area is 161 Å². The van der Waals surface area contributed by atoms with Crippen LogP contribution in [-0.4, -0.2) is 40.5 Å². The Morgan fingerprint density at radius 2 is 1.85 bits per heavy atom. The molecule has 27 heavy (non-hydrogen) atoms. The van der Waals surface area contributed by atoms with Gasteiger partial charge in [0.25, 0.3) is 0 Å². The Morgan fingerprint density at radius 1 is 1.15 bits per heavy atom. The summed E-state index contributed by atoms with van der Waals surface area (Å²) in [6.45, 7) is 6.36. The summed E-state index contributed by atoms with van der Waals surface area (Å²) in [6, 6.07) is 13.1. The molecule has 0 unspecified atom stereocenters. The summed E-state index contributed by atoms with van der Waals surface area (Å²) in [7, 11) is 0. The highest BCUT2D eigenvalue weighted by Crippen LogP contribution is 2.10. The van der Waals surface area contributed by atoms with Crippen molar-refractivity contribution < 1.29 is 14.6 Å². The monoisotopic (exact) mass is 371 g/mol. The molecule has 0 aliphatic rings. The highest BCUT2D eigenvalue weighted by Gasteiger charge is 2.24. The summed E-state index contributed by atoms with van der Waals surface area (Å²) in [5.41, 5.74) is 1.47. The second kappa shape index (κ2) is 10.0. The molecule has 146 valence electrons. The maximum absolute atomic E-state index is 12.2. The fourth-order valence-corrected chi connectivity index (χ4v) is 2.62. The normalized spacial score (nSPS) is 13.6. The fourth-order valence-electron chi connectivity index (χ4n) is 2.62. The molecule has 1 aromatic heterocycles. The molecule has 0 aliphatic heterocycles. The molecule has 0 saturated carbocycles. The van der Waals surface area contributed by atoms with Crippen molar-refractivity contribution in [2.45, 2.75) is 51.5 Å². The van der Waals surface area contributed by atoms with Crippen molar-refractivity contribution in [2.75, 3.05) is 6.54 Å². The van der Waals surface area contributed by atoms with Crippen LogP contribution in [0.25, 0.3) is 0 Å². The molecule has 2 rings (SSSR count). The van der Waals surface area contributed by atoms with Crippen LogP contribution < -0.4 is 10.6 Å². The molecular formula is C21H29N3O3. The summed E-state index contributed by atoms with van der Waals surface area (Å²) in [6.07, 6.45) is 2.71. The number of aliphatic hydroxyl groups is 1. The van der Waals surface area contributed by atoms with E-state index < -0.39 is 23.8 Å². The number of amides is 1. The average Bonchev–Trinajstić information content (AvgIpc) is 2.61. The maximum atomic E-state index is 12.2. The number of nitrogens with one attached hydrogen (secondary N) is 2. The number of aliphatic hydroxyl groups excluding tert-OH is 1. The molecule has 1 amide bonds. The number of hydrogen-bond acceptors (Lipinski definition) is 5. The maximum Gasteiger partial charge on any atom is 0.407 e. The van der Waals surface area contributed by atoms with Crippen LogP contribution in [0.3, 0.4) is 0 Å². The van der Waals surface area contributed by atoms with Crippen LogP contribution >= 0.6 is 0 Å². The highest BCUT2D eigenvalue weighted by molar-refractivity contribution is 5.68. The van der Waals surface area contributed by atoms with Crippen molar-refractivity contribution in [1.82, 2.24) is 15.6 Å². The van der Waals surface area contributed by atoms with Gasteiger partial charge in [-0.05, 0) is 44.4 Å². The van der Waals surface area contributed by atoms with Gasteiger partial charge in [0, 0.05) is 25.5 Å². The number of pyridine rings is 1. The Balaban J connectivity index is 1.95. The standard InChI is InChI=1S/C21H29N3O3/c1-21(2,3)27-20(26)24-18(12-16-8-5-4-6-9-16)19(25)15-23-14-17-10-7-11-22-13-17/h4-11,13,18-19,23,25H,12,14-15H2,1-3H3,(H,24,26)/t18-,19+/m0/s1. The lowest BCUT2D eigenvalue weighted by Gasteiger charge is -2.27. The molecule has 1 aromatic carbocycles. The van der Waals surface area contributed by atoms with Crippen LogP contribution in [0.15, 0.2) is 54.9 Å². The van der Waals surface area contributed by atoms with Gasteiger partial charge in [-0.3, -0.25) is 4.98 Å². The zero-order valence-corrected chi connectivity index (χ0v) is 16.2. The number of hydrogen-bond donors (Lipinski definition) is 3. The van der Waals surface area contributed by atoms with Crippen molar-refractivity contribution >= 4 is 6.09 Å². The SMILES string of the molecule is CC(C)(C)OC(=O)N[C@@H](Cc1ccccc1)[C@H](O)CNCc1cccnc1. The molecule has 0 fully saturated rings. The number of rotatable bonds is 8. The third kappa shape index (κ3) is 8.19. The lowest BCUT2D eigenvalue weighted by molar-refractivity contribution is 0.0422. The van der Waals surface area contributed by atoms with E-state index in [1.54, 1.807) is 12.4 Å². The largest absolute Gasteiger partial charge is 0.444 e. The molecule has 6 heteroatoms. The summed E-state index contributed by atoms with van der Waals surface area (Å²) in [4.78, 5) is 16.3. The molecule has 3 N–H and O–H groups in total. The molecule has 2 aromatic rings. The smallest absolute Gasteiger partial charge is 0.407 e. The van der Waals surface area contributed by atoms with Crippen LogP contribution in [-0.2, 0) is 17.7 Å². The van der Waals surface area contributed by atoms with Gasteiger partial charge in [-0.15, -0.1) is 0 Å². The van der Waals surface area contributed by atoms with E-state index in [1.165, 1.54) is 0 Å². The van der Waals surface area contributed by atoms with E-state index in [4.69, 9.17) is 4.74 Å². The topological polar surface area (TPSA) is 83.5 Å². The third-order valence-corrected chi connectivity index (χ3v) is 3.87. The fraction of sp³-hybridized carbons (Fsp3) is 0.429. The van der Waals surface area contributed by atoms with Crippen LogP contribution in [0, 0.1) is 0 Å². The first-order valence-corrected chi connectivity index (χ1v) is 9.14. The Hall–Kier alpha value is -2.44. The van der Waals surface area contributed by atoms with Gasteiger partial charge in [0.1, 0.15) is 5.60 Å². The Morgan fingerprint density at radius 3 is 2.48 bits per heavy atom. The van der Waals surface area contributed by atoms with Gasteiger partial charge < -0.3 is 20.5 Å². The van der Waals surface area contributed by atoms with E-state index in [-0.39, 0.29) is 0 Å². The minimum absolute atomic E-state index is 0.336. The van der Waals surface area contributed by atoms with E-state index >= 15 is 0 Å². The molecule has 2 atom stereocenters. The Kier molecular flexibility index (Phi) is 7.76. The summed E-state index contributed by atoms with van der Waals surface area (Å²) < 4.78 is 5.34. The minimum atomic E-state index is -0.769. The molecular weight excluding hydrogens is 342 g/mol. The van der Waals surface area contributed by atoms with Crippen molar-refractivity contribution in [3.05, 3.63) is 66.0 Å². The van der Waals surface area contributed by atoms with Gasteiger partial charge >= 0.3 is 6.09 Å². The first kappa shape index (κ1) is 20.9. The highest BCUT2D eigenvalue weighted by atomic mass is 16.6. The van der Waals surface area contributed by atoms with E-state index in [2.05, 4.69) is 15.6 Å². The number of nitrogens with zero attached hydrogens (tertiary/aromatic N) is 1. The van der Waals surface area contributed by atoms with Crippen LogP contribution in [0.1, 0.15) is 31.9 Å². The number of benzene rings is 1. The van der Waals surface area contributed by atoms with Gasteiger partial charge in [-0.1, -0.05) is 36.4 Å². The predicted molar refractivity (Wildman–Crippen MR) is 105 cm³/mol. The molecule has 0 spiro atoms. The van der Waals surface area contributed by atoms with Crippen LogP contribution in [0.5, 0.6) is 0 Å². The third-order valence-electron chi connectivity index (χ3n) is 3.87. The number of aromatic nitrogens is 1. The second-order valence-electron chi connectivity index (χ2n) is 7.50. The van der Waals surface area contributed by atoms with E-state index in [0.717, 1.165) is 11.1 Å². The molecule has 0 aliphatic carbocycles. The van der Waals surface area contributed by atoms with Gasteiger partial charge in [0.05, 0.1) is 12.1 Å². The molecule has 0 saturated heterocycles. The van der Waals surface area contributed by atoms with Gasteiger partial charge in [-0.25, -0.2) is 4.79 Å². The van der Waals surface area contributed by atoms with Crippen molar-refractivity contribution in [3.8, 4) is 0 Å². The minimum Gasteiger partial charge on any atom is -0.444 e. The number of carbonyl (C=O) groups is 1. The van der Waals surface area contributed by atoms with Crippen molar-refractivity contribution in [2.24, 2.45) is 0 Å². The van der Waals surface area contributed by atoms with E-state index in [1.807, 2.05) is 63.2 Å². The summed E-state index contributed by atoms with van der Waals surface area (Å²) in [5.74, 6) is 0. The van der Waals surface area contributed by atoms with Gasteiger partial charge in [-0.2, -0.15) is 0 Å². The molecule has 0 bridgehead atoms. The van der Waals surface area contributed by atoms with Gasteiger partial charge in [0.15, 0.2) is 0 Å². The van der Waals surface area contributed by atoms with Crippen molar-refractivity contribution in [3.63, 3.8) is 0 Å². The molecule has 6 nitrogen and oxygen atoms in total. The van der Waals surface area contributed by atoms with Crippen LogP contribution in [0.4, 0.5) is 4.79 Å². The van der Waals surface area contributed by atoms with E-state index in [9.17, 15) is 9.90 Å². The number of alkyl carbamates (subject to hydrolysis) is 1. The Bertz CT molecular complexity index is 687. The zero-order valence-electron chi connectivity index (χ0n) is 16.2. The van der Waals surface area contributed by atoms with Gasteiger partial charge in [0.2, 0.25) is 0 Å². The second-order valence-corrected chi connectivity index (χ2v) is 7.50. The lowest BCUT2D eigenvalue weighted by atomic mass is 10.0. The average molecular weight is 371 g/mol. The number of carbonyl (C=O) groups excluding carboxylic acids is 1. The zero-order chi connectivity index (χ0) is 19.7. The van der Waals surface area contributed by atoms with E-state index in [0.29, 0.717) is 19.5 Å². The predicted octanol–water partition coefficient (Wildman–Crippen LogP) is 2.67.